The lowest BCUT2D eigenvalue weighted by molar-refractivity contribution is -0.136. The maximum Gasteiger partial charge on any atom is 0.303 e. The lowest BCUT2D eigenvalue weighted by Gasteiger charge is -2.28. The third-order valence-corrected chi connectivity index (χ3v) is 6.92. The third kappa shape index (κ3) is 7.54. The van der Waals surface area contributed by atoms with Crippen LogP contribution in [0.15, 0.2) is 42.5 Å². The highest BCUT2D eigenvalue weighted by molar-refractivity contribution is 6.31. The quantitative estimate of drug-likeness (QED) is 0.450. The number of aliphatic hydroxyl groups is 1. The normalized spacial score (nSPS) is 18.4. The second-order valence-corrected chi connectivity index (χ2v) is 9.40. The molecule has 1 heterocycles. The van der Waals surface area contributed by atoms with E-state index in [1.165, 1.54) is 11.1 Å². The fourth-order valence-electron chi connectivity index (χ4n) is 4.73. The minimum atomic E-state index is -0.807. The van der Waals surface area contributed by atoms with Crippen molar-refractivity contribution in [2.75, 3.05) is 19.7 Å². The predicted octanol–water partition coefficient (Wildman–Crippen LogP) is 5.07. The molecule has 1 aliphatic heterocycles. The molecule has 2 aromatic carbocycles. The summed E-state index contributed by atoms with van der Waals surface area (Å²) in [7, 11) is 0. The Balaban J connectivity index is 1.52. The Labute approximate surface area is 202 Å². The number of likely N-dealkylation sites (tertiary alicyclic amines) is 1. The highest BCUT2D eigenvalue weighted by Crippen LogP contribution is 2.26. The van der Waals surface area contributed by atoms with Crippen LogP contribution >= 0.6 is 11.6 Å². The van der Waals surface area contributed by atoms with Crippen molar-refractivity contribution in [2.24, 2.45) is 0 Å². The molecule has 0 spiro atoms. The average Bonchev–Trinajstić information content (AvgIpc) is 3.23. The molecule has 0 aromatic heterocycles. The van der Waals surface area contributed by atoms with Crippen molar-refractivity contribution in [2.45, 2.75) is 70.6 Å². The summed E-state index contributed by atoms with van der Waals surface area (Å²) in [5.41, 5.74) is 4.45. The third-order valence-electron chi connectivity index (χ3n) is 6.55. The molecule has 1 unspecified atom stereocenters. The summed E-state index contributed by atoms with van der Waals surface area (Å²) in [6.07, 6.45) is 3.94. The van der Waals surface area contributed by atoms with E-state index < -0.39 is 12.1 Å². The molecule has 3 atom stereocenters. The van der Waals surface area contributed by atoms with Crippen LogP contribution < -0.4 is 0 Å². The van der Waals surface area contributed by atoms with Gasteiger partial charge in [-0.05, 0) is 73.9 Å². The van der Waals surface area contributed by atoms with Gasteiger partial charge in [-0.25, -0.2) is 0 Å². The molecule has 6 heteroatoms. The molecule has 0 radical (unpaired) electrons. The van der Waals surface area contributed by atoms with E-state index in [0.717, 1.165) is 48.4 Å². The fourth-order valence-corrected chi connectivity index (χ4v) is 4.98. The topological polar surface area (TPSA) is 70.0 Å². The molecule has 33 heavy (non-hydrogen) atoms. The van der Waals surface area contributed by atoms with Gasteiger partial charge >= 0.3 is 5.97 Å². The molecular weight excluding hydrogens is 438 g/mol. The molecule has 5 nitrogen and oxygen atoms in total. The van der Waals surface area contributed by atoms with Crippen LogP contribution in [0.5, 0.6) is 0 Å². The first kappa shape index (κ1) is 25.7. The number of benzene rings is 2. The number of halogens is 1. The number of hydrogen-bond acceptors (Lipinski definition) is 4. The maximum absolute atomic E-state index is 10.9. The van der Waals surface area contributed by atoms with Crippen LogP contribution in [0, 0.1) is 0 Å². The number of hydrogen-bond donors (Lipinski definition) is 2. The monoisotopic (exact) mass is 473 g/mol. The minimum absolute atomic E-state index is 0.0933. The lowest BCUT2D eigenvalue weighted by Crippen LogP contribution is -2.39. The first-order valence-electron chi connectivity index (χ1n) is 12.0. The van der Waals surface area contributed by atoms with Crippen molar-refractivity contribution < 1.29 is 19.7 Å². The molecule has 3 rings (SSSR count). The number of carboxylic acid groups (broad SMARTS) is 1. The van der Waals surface area contributed by atoms with Crippen LogP contribution in [0.1, 0.15) is 61.5 Å². The molecule has 2 N–H and O–H groups in total. The molecule has 0 amide bonds. The van der Waals surface area contributed by atoms with Gasteiger partial charge in [-0.1, -0.05) is 54.9 Å². The van der Waals surface area contributed by atoms with E-state index in [-0.39, 0.29) is 19.1 Å². The Morgan fingerprint density at radius 1 is 1.24 bits per heavy atom. The SMILES string of the molecule is CCc1cc(C[C@@H]2CCCN2CC(O)CO[C@H](C)c2ccccc2CCC(=O)O)ccc1Cl. The standard InChI is InChI=1S/C27H36ClNO4/c1-3-21-15-20(10-12-26(21)28)16-23-8-6-14-29(23)17-24(30)18-33-19(2)25-9-5-4-7-22(25)11-13-27(31)32/h4-5,7,9-10,12,15,19,23-24,30H,3,6,8,11,13-14,16-18H2,1-2H3,(H,31,32)/t19-,23+,24?/m1/s1. The van der Waals surface area contributed by atoms with Crippen molar-refractivity contribution >= 4 is 17.6 Å². The average molecular weight is 474 g/mol. The van der Waals surface area contributed by atoms with E-state index in [4.69, 9.17) is 21.4 Å². The Hall–Kier alpha value is -1.92. The predicted molar refractivity (Wildman–Crippen MR) is 132 cm³/mol. The molecule has 0 bridgehead atoms. The lowest BCUT2D eigenvalue weighted by atomic mass is 9.99. The first-order chi connectivity index (χ1) is 15.9. The van der Waals surface area contributed by atoms with E-state index in [0.29, 0.717) is 19.0 Å². The number of ether oxygens (including phenoxy) is 1. The van der Waals surface area contributed by atoms with E-state index in [2.05, 4.69) is 24.0 Å². The van der Waals surface area contributed by atoms with Gasteiger partial charge in [0.05, 0.1) is 18.8 Å². The maximum atomic E-state index is 10.9. The smallest absolute Gasteiger partial charge is 0.303 e. The zero-order valence-electron chi connectivity index (χ0n) is 19.7. The molecule has 2 aromatic rings. The van der Waals surface area contributed by atoms with Crippen LogP contribution in [-0.4, -0.2) is 52.9 Å². The second kappa shape index (κ2) is 12.5. The Bertz CT molecular complexity index is 919. The van der Waals surface area contributed by atoms with Gasteiger partial charge in [-0.3, -0.25) is 9.69 Å². The summed E-state index contributed by atoms with van der Waals surface area (Å²) >= 11 is 6.27. The van der Waals surface area contributed by atoms with Crippen LogP contribution in [-0.2, 0) is 28.8 Å². The van der Waals surface area contributed by atoms with Crippen LogP contribution in [0.2, 0.25) is 5.02 Å². The van der Waals surface area contributed by atoms with Crippen LogP contribution in [0.3, 0.4) is 0 Å². The first-order valence-corrected chi connectivity index (χ1v) is 12.4. The summed E-state index contributed by atoms with van der Waals surface area (Å²) in [5, 5.41) is 20.5. The van der Waals surface area contributed by atoms with Crippen molar-refractivity contribution in [3.63, 3.8) is 0 Å². The Morgan fingerprint density at radius 3 is 2.79 bits per heavy atom. The molecule has 0 saturated carbocycles. The minimum Gasteiger partial charge on any atom is -0.481 e. The molecule has 1 aliphatic rings. The van der Waals surface area contributed by atoms with E-state index >= 15 is 0 Å². The highest BCUT2D eigenvalue weighted by atomic mass is 35.5. The fraction of sp³-hybridized carbons (Fsp3) is 0.519. The number of aliphatic hydroxyl groups excluding tert-OH is 1. The number of aryl methyl sites for hydroxylation is 2. The molecular formula is C27H36ClNO4. The van der Waals surface area contributed by atoms with Gasteiger partial charge in [-0.15, -0.1) is 0 Å². The van der Waals surface area contributed by atoms with Crippen LogP contribution in [0.25, 0.3) is 0 Å². The van der Waals surface area contributed by atoms with Gasteiger partial charge < -0.3 is 14.9 Å². The number of aliphatic carboxylic acids is 1. The number of β-amino-alcohol motifs (C(OH)–C–C–N with tert-alkyl or cyclic N) is 1. The zero-order valence-corrected chi connectivity index (χ0v) is 20.4. The highest BCUT2D eigenvalue weighted by Gasteiger charge is 2.27. The zero-order chi connectivity index (χ0) is 23.8. The molecule has 1 saturated heterocycles. The molecule has 180 valence electrons. The van der Waals surface area contributed by atoms with Gasteiger partial charge in [0.25, 0.3) is 0 Å². The van der Waals surface area contributed by atoms with Gasteiger partial charge in [0, 0.05) is 24.0 Å². The second-order valence-electron chi connectivity index (χ2n) is 9.00. The van der Waals surface area contributed by atoms with Crippen molar-refractivity contribution in [1.29, 1.82) is 0 Å². The van der Waals surface area contributed by atoms with Crippen molar-refractivity contribution in [3.05, 3.63) is 69.7 Å². The van der Waals surface area contributed by atoms with E-state index in [9.17, 15) is 9.90 Å². The number of nitrogens with zero attached hydrogens (tertiary/aromatic N) is 1. The van der Waals surface area contributed by atoms with Crippen molar-refractivity contribution in [1.82, 2.24) is 4.90 Å². The van der Waals surface area contributed by atoms with Gasteiger partial charge in [0.15, 0.2) is 0 Å². The van der Waals surface area contributed by atoms with Crippen LogP contribution in [0.4, 0.5) is 0 Å². The van der Waals surface area contributed by atoms with Gasteiger partial charge in [0.2, 0.25) is 0 Å². The summed E-state index contributed by atoms with van der Waals surface area (Å²) < 4.78 is 6.01. The number of carboxylic acids is 1. The summed E-state index contributed by atoms with van der Waals surface area (Å²) in [6.45, 7) is 5.90. The summed E-state index contributed by atoms with van der Waals surface area (Å²) in [6, 6.07) is 14.5. The molecule has 0 aliphatic carbocycles. The van der Waals surface area contributed by atoms with E-state index in [1.54, 1.807) is 0 Å². The largest absolute Gasteiger partial charge is 0.481 e. The van der Waals surface area contributed by atoms with Gasteiger partial charge in [0.1, 0.15) is 0 Å². The molecule has 1 fully saturated rings. The van der Waals surface area contributed by atoms with Gasteiger partial charge in [-0.2, -0.15) is 0 Å². The Kier molecular flexibility index (Phi) is 9.75. The Morgan fingerprint density at radius 2 is 2.03 bits per heavy atom. The van der Waals surface area contributed by atoms with E-state index in [1.807, 2.05) is 37.3 Å². The number of carbonyl (C=O) groups is 1. The summed E-state index contributed by atoms with van der Waals surface area (Å²) in [4.78, 5) is 13.3. The van der Waals surface area contributed by atoms with Crippen molar-refractivity contribution in [3.8, 4) is 0 Å². The number of rotatable bonds is 12. The summed E-state index contributed by atoms with van der Waals surface area (Å²) in [5.74, 6) is -0.807.